The number of fused-ring (bicyclic) bond motifs is 1. The van der Waals surface area contributed by atoms with Crippen molar-refractivity contribution in [2.45, 2.75) is 37.0 Å². The van der Waals surface area contributed by atoms with Gasteiger partial charge in [0.1, 0.15) is 24.4 Å². The third-order valence-electron chi connectivity index (χ3n) is 4.75. The van der Waals surface area contributed by atoms with E-state index >= 15 is 0 Å². The van der Waals surface area contributed by atoms with Gasteiger partial charge >= 0.3 is 0 Å². The molecule has 0 amide bonds. The van der Waals surface area contributed by atoms with Gasteiger partial charge in [-0.25, -0.2) is 0 Å². The molecule has 0 aromatic heterocycles. The van der Waals surface area contributed by atoms with Crippen molar-refractivity contribution in [3.63, 3.8) is 0 Å². The van der Waals surface area contributed by atoms with Crippen molar-refractivity contribution in [2.75, 3.05) is 13.2 Å². The zero-order chi connectivity index (χ0) is 19.7. The Bertz CT molecular complexity index is 819. The van der Waals surface area contributed by atoms with Gasteiger partial charge in [0.05, 0.1) is 13.2 Å². The van der Waals surface area contributed by atoms with Gasteiger partial charge in [-0.2, -0.15) is 0 Å². The van der Waals surface area contributed by atoms with Crippen molar-refractivity contribution in [3.05, 3.63) is 69.7 Å². The molecule has 2 fully saturated rings. The van der Waals surface area contributed by atoms with E-state index in [1.54, 1.807) is 36.4 Å². The molecule has 4 rings (SSSR count). The lowest BCUT2D eigenvalue weighted by Crippen LogP contribution is -2.45. The second-order valence-electron chi connectivity index (χ2n) is 6.77. The molecule has 2 N–H and O–H groups in total. The van der Waals surface area contributed by atoms with E-state index < -0.39 is 37.0 Å². The highest BCUT2D eigenvalue weighted by Crippen LogP contribution is 2.36. The molecule has 2 heterocycles. The van der Waals surface area contributed by atoms with Gasteiger partial charge in [-0.3, -0.25) is 0 Å². The van der Waals surface area contributed by atoms with Crippen LogP contribution in [0.25, 0.3) is 0 Å². The number of rotatable bonds is 2. The number of halogens is 2. The third-order valence-corrected chi connectivity index (χ3v) is 5.22. The first-order valence-electron chi connectivity index (χ1n) is 8.92. The number of hydrogen-bond acceptors (Lipinski definition) is 6. The van der Waals surface area contributed by atoms with Crippen LogP contribution in [0.4, 0.5) is 0 Å². The van der Waals surface area contributed by atoms with Crippen LogP contribution >= 0.6 is 23.2 Å². The molecule has 6 nitrogen and oxygen atoms in total. The minimum absolute atomic E-state index is 0.0999. The number of aliphatic hydroxyl groups excluding tert-OH is 2. The normalized spacial score (nSPS) is 33.6. The molecule has 0 aliphatic carbocycles. The summed E-state index contributed by atoms with van der Waals surface area (Å²) >= 11 is 12.1. The van der Waals surface area contributed by atoms with Crippen molar-refractivity contribution >= 4 is 23.2 Å². The van der Waals surface area contributed by atoms with E-state index in [2.05, 4.69) is 0 Å². The van der Waals surface area contributed by atoms with Gasteiger partial charge in [0.15, 0.2) is 12.6 Å². The van der Waals surface area contributed by atoms with Crippen molar-refractivity contribution in [3.8, 4) is 0 Å². The van der Waals surface area contributed by atoms with E-state index in [0.29, 0.717) is 15.6 Å². The number of aliphatic hydroxyl groups is 2. The molecule has 2 aliphatic rings. The molecule has 2 saturated heterocycles. The predicted molar refractivity (Wildman–Crippen MR) is 102 cm³/mol. The van der Waals surface area contributed by atoms with Gasteiger partial charge < -0.3 is 29.2 Å². The monoisotopic (exact) mass is 426 g/mol. The first-order valence-corrected chi connectivity index (χ1v) is 9.68. The molecule has 0 radical (unpaired) electrons. The summed E-state index contributed by atoms with van der Waals surface area (Å²) in [6.07, 6.45) is -5.22. The number of hydrogen-bond donors (Lipinski definition) is 2. The molecule has 2 aromatic carbocycles. The van der Waals surface area contributed by atoms with Crippen LogP contribution in [-0.2, 0) is 18.9 Å². The lowest BCUT2D eigenvalue weighted by molar-refractivity contribution is -0.182. The fraction of sp³-hybridized carbons (Fsp3) is 0.400. The zero-order valence-corrected chi connectivity index (χ0v) is 16.3. The Balaban J connectivity index is 1.55. The molecule has 0 bridgehead atoms. The summed E-state index contributed by atoms with van der Waals surface area (Å²) in [5.74, 6) is 0. The minimum Gasteiger partial charge on any atom is -0.388 e. The summed E-state index contributed by atoms with van der Waals surface area (Å²) in [5.41, 5.74) is 1.43. The molecule has 2 aliphatic heterocycles. The minimum atomic E-state index is -1.20. The molecule has 0 saturated carbocycles. The van der Waals surface area contributed by atoms with Crippen LogP contribution in [0.1, 0.15) is 23.7 Å². The maximum atomic E-state index is 10.6. The van der Waals surface area contributed by atoms with E-state index in [-0.39, 0.29) is 13.2 Å². The van der Waals surface area contributed by atoms with E-state index in [9.17, 15) is 10.2 Å². The highest BCUT2D eigenvalue weighted by Gasteiger charge is 2.45. The smallest absolute Gasteiger partial charge is 0.185 e. The van der Waals surface area contributed by atoms with Crippen molar-refractivity contribution < 1.29 is 29.2 Å². The summed E-state index contributed by atoms with van der Waals surface area (Å²) in [6, 6.07) is 14.2. The van der Waals surface area contributed by atoms with E-state index in [4.69, 9.17) is 42.1 Å². The standard InChI is InChI=1S/C20H20Cl2O6/c21-13-5-1-3-11(7-13)19-25-9-15(23)17(24)18-16(10-26-19)27-20(28-18)12-4-2-6-14(22)8-12/h1-8,15-20,23-24H,9-10H2/t15-,16+,17+,18+,19?,20?/m1/s1. The van der Waals surface area contributed by atoms with E-state index in [1.807, 2.05) is 12.1 Å². The Kier molecular flexibility index (Phi) is 6.20. The highest BCUT2D eigenvalue weighted by atomic mass is 35.5. The maximum absolute atomic E-state index is 10.6. The summed E-state index contributed by atoms with van der Waals surface area (Å²) in [4.78, 5) is 0. The summed E-state index contributed by atoms with van der Waals surface area (Å²) in [7, 11) is 0. The van der Waals surface area contributed by atoms with Crippen LogP contribution in [0.15, 0.2) is 48.5 Å². The van der Waals surface area contributed by atoms with Crippen LogP contribution in [-0.4, -0.2) is 47.8 Å². The Morgan fingerprint density at radius 3 is 2.04 bits per heavy atom. The quantitative estimate of drug-likeness (QED) is 0.767. The van der Waals surface area contributed by atoms with Crippen molar-refractivity contribution in [2.24, 2.45) is 0 Å². The van der Waals surface area contributed by atoms with Crippen LogP contribution in [0.3, 0.4) is 0 Å². The topological polar surface area (TPSA) is 77.4 Å². The van der Waals surface area contributed by atoms with Gasteiger partial charge in [0, 0.05) is 21.2 Å². The molecule has 8 heteroatoms. The van der Waals surface area contributed by atoms with Crippen molar-refractivity contribution in [1.29, 1.82) is 0 Å². The van der Waals surface area contributed by atoms with Crippen LogP contribution in [0.2, 0.25) is 10.0 Å². The Hall–Kier alpha value is -1.22. The molecule has 2 aromatic rings. The van der Waals surface area contributed by atoms with Crippen molar-refractivity contribution in [1.82, 2.24) is 0 Å². The fourth-order valence-electron chi connectivity index (χ4n) is 3.32. The maximum Gasteiger partial charge on any atom is 0.185 e. The third kappa shape index (κ3) is 4.35. The summed E-state index contributed by atoms with van der Waals surface area (Å²) < 4.78 is 23.4. The van der Waals surface area contributed by atoms with Gasteiger partial charge in [0.25, 0.3) is 0 Å². The Morgan fingerprint density at radius 1 is 0.786 bits per heavy atom. The molecule has 6 atom stereocenters. The number of ether oxygens (including phenoxy) is 4. The van der Waals surface area contributed by atoms with Gasteiger partial charge in [-0.05, 0) is 24.3 Å². The van der Waals surface area contributed by atoms with E-state index in [0.717, 1.165) is 5.56 Å². The first kappa shape index (κ1) is 20.1. The first-order chi connectivity index (χ1) is 13.5. The second-order valence-corrected chi connectivity index (χ2v) is 7.65. The lowest BCUT2D eigenvalue weighted by Gasteiger charge is -2.23. The SMILES string of the molecule is O[C@@H]1[C@H]2OC(c3cccc(Cl)c3)O[C@H]2COC(c2cccc(Cl)c2)OC[C@H]1O. The largest absolute Gasteiger partial charge is 0.388 e. The highest BCUT2D eigenvalue weighted by molar-refractivity contribution is 6.30. The van der Waals surface area contributed by atoms with Gasteiger partial charge in [-0.1, -0.05) is 47.5 Å². The Labute approximate surface area is 172 Å². The molecular formula is C20H20Cl2O6. The van der Waals surface area contributed by atoms with Crippen LogP contribution in [0, 0.1) is 0 Å². The van der Waals surface area contributed by atoms with Crippen LogP contribution < -0.4 is 0 Å². The molecular weight excluding hydrogens is 407 g/mol. The molecule has 28 heavy (non-hydrogen) atoms. The molecule has 2 unspecified atom stereocenters. The average molecular weight is 427 g/mol. The van der Waals surface area contributed by atoms with Gasteiger partial charge in [0.2, 0.25) is 0 Å². The van der Waals surface area contributed by atoms with Crippen LogP contribution in [0.5, 0.6) is 0 Å². The Morgan fingerprint density at radius 2 is 1.39 bits per heavy atom. The second kappa shape index (κ2) is 8.65. The number of benzene rings is 2. The summed E-state index contributed by atoms with van der Waals surface area (Å²) in [6.45, 7) is -0.0323. The van der Waals surface area contributed by atoms with Gasteiger partial charge in [-0.15, -0.1) is 0 Å². The molecule has 150 valence electrons. The van der Waals surface area contributed by atoms with E-state index in [1.165, 1.54) is 0 Å². The fourth-order valence-corrected chi connectivity index (χ4v) is 3.72. The molecule has 0 spiro atoms. The summed E-state index contributed by atoms with van der Waals surface area (Å²) in [5, 5.41) is 22.0. The predicted octanol–water partition coefficient (Wildman–Crippen LogP) is 3.24. The zero-order valence-electron chi connectivity index (χ0n) is 14.8. The average Bonchev–Trinajstić information content (AvgIpc) is 3.12. The lowest BCUT2D eigenvalue weighted by atomic mass is 10.0.